The van der Waals surface area contributed by atoms with Crippen molar-refractivity contribution in [1.82, 2.24) is 0 Å². The highest BCUT2D eigenvalue weighted by Crippen LogP contribution is 2.23. The van der Waals surface area contributed by atoms with Crippen LogP contribution in [-0.4, -0.2) is 17.8 Å². The molecule has 0 spiro atoms. The largest absolute Gasteiger partial charge is 0.488 e. The Kier molecular flexibility index (Phi) is 10.3. The van der Waals surface area contributed by atoms with Crippen molar-refractivity contribution in [2.24, 2.45) is 0 Å². The Hall–Kier alpha value is -1.02. The number of rotatable bonds is 13. The zero-order valence-electron chi connectivity index (χ0n) is 18.2. The molecule has 2 heteroatoms. The fourth-order valence-corrected chi connectivity index (χ4v) is 2.98. The molecule has 0 saturated carbocycles. The molecule has 0 aromatic heterocycles. The third-order valence-corrected chi connectivity index (χ3v) is 4.63. The Morgan fingerprint density at radius 1 is 0.769 bits per heavy atom. The highest BCUT2D eigenvalue weighted by Gasteiger charge is 2.21. The lowest BCUT2D eigenvalue weighted by atomic mass is 10.0. The normalized spacial score (nSPS) is 12.4. The fraction of sp³-hybridized carbons (Fsp3) is 0.750. The van der Waals surface area contributed by atoms with E-state index in [9.17, 15) is 0 Å². The van der Waals surface area contributed by atoms with E-state index in [0.717, 1.165) is 12.2 Å². The topological polar surface area (TPSA) is 18.5 Å². The van der Waals surface area contributed by atoms with E-state index in [1.54, 1.807) is 0 Å². The monoisotopic (exact) mass is 362 g/mol. The maximum absolute atomic E-state index is 6.17. The number of hydrogen-bond donors (Lipinski definition) is 0. The van der Waals surface area contributed by atoms with Gasteiger partial charge < -0.3 is 9.47 Å². The number of ether oxygens (including phenoxy) is 2. The van der Waals surface area contributed by atoms with Crippen LogP contribution < -0.4 is 4.74 Å². The number of benzene rings is 1. The quantitative estimate of drug-likeness (QED) is 0.342. The van der Waals surface area contributed by atoms with Crippen LogP contribution in [0.15, 0.2) is 24.3 Å². The first-order valence-corrected chi connectivity index (χ1v) is 10.6. The molecule has 0 fully saturated rings. The van der Waals surface area contributed by atoms with Crippen LogP contribution in [0.5, 0.6) is 5.75 Å². The summed E-state index contributed by atoms with van der Waals surface area (Å²) in [7, 11) is 0. The molecule has 0 bridgehead atoms. The Morgan fingerprint density at radius 3 is 1.92 bits per heavy atom. The molecule has 26 heavy (non-hydrogen) atoms. The molecule has 0 aliphatic rings. The van der Waals surface area contributed by atoms with E-state index in [4.69, 9.17) is 9.47 Å². The van der Waals surface area contributed by atoms with Crippen molar-refractivity contribution >= 4 is 0 Å². The molecule has 0 heterocycles. The van der Waals surface area contributed by atoms with Gasteiger partial charge in [-0.05, 0) is 65.2 Å². The lowest BCUT2D eigenvalue weighted by Gasteiger charge is -2.28. The van der Waals surface area contributed by atoms with E-state index >= 15 is 0 Å². The van der Waals surface area contributed by atoms with Crippen LogP contribution >= 0.6 is 0 Å². The summed E-state index contributed by atoms with van der Waals surface area (Å²) in [4.78, 5) is 0. The first kappa shape index (κ1) is 23.0. The molecule has 0 aliphatic heterocycles. The van der Waals surface area contributed by atoms with Crippen LogP contribution in [0.1, 0.15) is 98.5 Å². The molecule has 0 N–H and O–H groups in total. The number of unbranched alkanes of at least 4 members (excludes halogenated alkanes) is 6. The summed E-state index contributed by atoms with van der Waals surface area (Å²) in [6.07, 6.45) is 11.6. The van der Waals surface area contributed by atoms with Gasteiger partial charge in [0, 0.05) is 6.42 Å². The second-order valence-electron chi connectivity index (χ2n) is 9.09. The van der Waals surface area contributed by atoms with Gasteiger partial charge in [-0.2, -0.15) is 0 Å². The molecule has 0 radical (unpaired) electrons. The minimum atomic E-state index is -0.217. The minimum Gasteiger partial charge on any atom is -0.488 e. The van der Waals surface area contributed by atoms with E-state index in [1.807, 2.05) is 0 Å². The molecule has 0 atom stereocenters. The lowest BCUT2D eigenvalue weighted by Crippen LogP contribution is -2.32. The summed E-state index contributed by atoms with van der Waals surface area (Å²) in [5, 5.41) is 0. The number of hydrogen-bond acceptors (Lipinski definition) is 2. The summed E-state index contributed by atoms with van der Waals surface area (Å²) in [5.41, 5.74) is 1.11. The van der Waals surface area contributed by atoms with Crippen LogP contribution in [0, 0.1) is 0 Å². The summed E-state index contributed by atoms with van der Waals surface area (Å²) in [6.45, 7) is 13.5. The van der Waals surface area contributed by atoms with Gasteiger partial charge in [0.2, 0.25) is 0 Å². The van der Waals surface area contributed by atoms with E-state index in [1.165, 1.54) is 56.9 Å². The molecule has 2 nitrogen and oxygen atoms in total. The molecule has 0 amide bonds. The molecule has 0 unspecified atom stereocenters. The van der Waals surface area contributed by atoms with Gasteiger partial charge in [-0.25, -0.2) is 0 Å². The zero-order valence-corrected chi connectivity index (χ0v) is 18.2. The highest BCUT2D eigenvalue weighted by molar-refractivity contribution is 5.27. The maximum Gasteiger partial charge on any atom is 0.120 e. The van der Waals surface area contributed by atoms with Crippen LogP contribution in [0.25, 0.3) is 0 Å². The molecule has 0 saturated heterocycles. The van der Waals surface area contributed by atoms with E-state index in [2.05, 4.69) is 65.8 Å². The van der Waals surface area contributed by atoms with Gasteiger partial charge in [0.25, 0.3) is 0 Å². The minimum absolute atomic E-state index is 0.0896. The second-order valence-corrected chi connectivity index (χ2v) is 9.09. The standard InChI is InChI=1S/C24H42O2/c1-7-8-9-10-11-12-13-14-21-15-17-22(18-16-21)26-24(5,6)19-20-25-23(2,3)4/h15-18H,7-14,19-20H2,1-6H3. The predicted octanol–water partition coefficient (Wildman–Crippen LogP) is 7.34. The molecule has 0 aliphatic carbocycles. The summed E-state index contributed by atoms with van der Waals surface area (Å²) < 4.78 is 12.0. The van der Waals surface area contributed by atoms with Gasteiger partial charge in [-0.15, -0.1) is 0 Å². The Morgan fingerprint density at radius 2 is 1.35 bits per heavy atom. The second kappa shape index (κ2) is 11.6. The molecular weight excluding hydrogens is 320 g/mol. The smallest absolute Gasteiger partial charge is 0.120 e. The molecule has 1 aromatic rings. The van der Waals surface area contributed by atoms with Crippen molar-refractivity contribution in [2.75, 3.05) is 6.61 Å². The summed E-state index contributed by atoms with van der Waals surface area (Å²) in [5.74, 6) is 0.953. The third kappa shape index (κ3) is 11.6. The van der Waals surface area contributed by atoms with Crippen molar-refractivity contribution in [3.8, 4) is 5.75 Å². The number of aryl methyl sites for hydroxylation is 1. The van der Waals surface area contributed by atoms with Crippen LogP contribution in [-0.2, 0) is 11.2 Å². The first-order valence-electron chi connectivity index (χ1n) is 10.6. The van der Waals surface area contributed by atoms with Crippen molar-refractivity contribution in [1.29, 1.82) is 0 Å². The average Bonchev–Trinajstić information content (AvgIpc) is 2.54. The Labute approximate surface area is 162 Å². The van der Waals surface area contributed by atoms with Gasteiger partial charge in [0.1, 0.15) is 11.4 Å². The van der Waals surface area contributed by atoms with Gasteiger partial charge in [-0.1, -0.05) is 57.6 Å². The lowest BCUT2D eigenvalue weighted by molar-refractivity contribution is -0.0292. The molecular formula is C24H42O2. The SMILES string of the molecule is CCCCCCCCCc1ccc(OC(C)(C)CCOC(C)(C)C)cc1. The molecule has 150 valence electrons. The Bertz CT molecular complexity index is 468. The average molecular weight is 363 g/mol. The van der Waals surface area contributed by atoms with Crippen LogP contribution in [0.4, 0.5) is 0 Å². The van der Waals surface area contributed by atoms with Crippen molar-refractivity contribution in [3.05, 3.63) is 29.8 Å². The van der Waals surface area contributed by atoms with Crippen molar-refractivity contribution in [3.63, 3.8) is 0 Å². The maximum atomic E-state index is 6.17. The van der Waals surface area contributed by atoms with Gasteiger partial charge in [0.05, 0.1) is 12.2 Å². The van der Waals surface area contributed by atoms with Gasteiger partial charge in [0.15, 0.2) is 0 Å². The zero-order chi connectivity index (χ0) is 19.5. The van der Waals surface area contributed by atoms with E-state index in [-0.39, 0.29) is 11.2 Å². The summed E-state index contributed by atoms with van der Waals surface area (Å²) in [6, 6.07) is 8.66. The third-order valence-electron chi connectivity index (χ3n) is 4.63. The van der Waals surface area contributed by atoms with E-state index in [0.29, 0.717) is 6.61 Å². The fourth-order valence-electron chi connectivity index (χ4n) is 2.98. The van der Waals surface area contributed by atoms with Crippen molar-refractivity contribution < 1.29 is 9.47 Å². The van der Waals surface area contributed by atoms with Crippen LogP contribution in [0.2, 0.25) is 0 Å². The van der Waals surface area contributed by atoms with Crippen molar-refractivity contribution in [2.45, 2.75) is 111 Å². The molecule has 1 rings (SSSR count). The molecule has 1 aromatic carbocycles. The van der Waals surface area contributed by atoms with Gasteiger partial charge in [-0.3, -0.25) is 0 Å². The van der Waals surface area contributed by atoms with Gasteiger partial charge >= 0.3 is 0 Å². The van der Waals surface area contributed by atoms with Crippen LogP contribution in [0.3, 0.4) is 0 Å². The Balaban J connectivity index is 2.28. The predicted molar refractivity (Wildman–Crippen MR) is 113 cm³/mol. The van der Waals surface area contributed by atoms with E-state index < -0.39 is 0 Å². The first-order chi connectivity index (χ1) is 12.2. The summed E-state index contributed by atoms with van der Waals surface area (Å²) >= 11 is 0. The highest BCUT2D eigenvalue weighted by atomic mass is 16.5.